The van der Waals surface area contributed by atoms with Crippen LogP contribution in [0, 0.1) is 10.1 Å². The lowest BCUT2D eigenvalue weighted by Gasteiger charge is -2.26. The fraction of sp³-hybridized carbons (Fsp3) is 0.381. The Morgan fingerprint density at radius 3 is 2.39 bits per heavy atom. The second-order valence-corrected chi connectivity index (χ2v) is 7.34. The molecule has 1 N–H and O–H groups in total. The van der Waals surface area contributed by atoms with E-state index in [1.165, 1.54) is 30.9 Å². The minimum atomic E-state index is -0.471. The molecule has 7 nitrogen and oxygen atoms in total. The summed E-state index contributed by atoms with van der Waals surface area (Å²) in [5.74, 6) is -0.364. The molecular formula is C21H26N4O3. The normalized spacial score (nSPS) is 14.5. The van der Waals surface area contributed by atoms with Gasteiger partial charge in [0.1, 0.15) is 5.69 Å². The van der Waals surface area contributed by atoms with E-state index in [9.17, 15) is 14.9 Å². The van der Waals surface area contributed by atoms with Crippen LogP contribution in [-0.2, 0) is 6.54 Å². The molecular weight excluding hydrogens is 356 g/mol. The standard InChI is InChI=1S/C21H26N4O3/c1-23(2)19-11-8-17(14-20(19)25(27)28)21(26)22-18-9-6-16(7-10-18)15-24-12-4-3-5-13-24/h6-11,14H,3-5,12-13,15H2,1-2H3,(H,22,26). The topological polar surface area (TPSA) is 78.7 Å². The number of hydrogen-bond acceptors (Lipinski definition) is 5. The Morgan fingerprint density at radius 1 is 1.11 bits per heavy atom. The zero-order chi connectivity index (χ0) is 20.1. The van der Waals surface area contributed by atoms with Gasteiger partial charge in [-0.1, -0.05) is 18.6 Å². The SMILES string of the molecule is CN(C)c1ccc(C(=O)Nc2ccc(CN3CCCCC3)cc2)cc1[N+](=O)[O-]. The summed E-state index contributed by atoms with van der Waals surface area (Å²) in [6.07, 6.45) is 3.83. The summed E-state index contributed by atoms with van der Waals surface area (Å²) in [5.41, 5.74) is 2.52. The molecule has 28 heavy (non-hydrogen) atoms. The van der Waals surface area contributed by atoms with Crippen LogP contribution in [0.3, 0.4) is 0 Å². The molecule has 2 aromatic rings. The second-order valence-electron chi connectivity index (χ2n) is 7.34. The predicted octanol–water partition coefficient (Wildman–Crippen LogP) is 3.90. The van der Waals surface area contributed by atoms with Gasteiger partial charge in [-0.3, -0.25) is 19.8 Å². The zero-order valence-corrected chi connectivity index (χ0v) is 16.4. The molecule has 0 bridgehead atoms. The highest BCUT2D eigenvalue weighted by atomic mass is 16.6. The average Bonchev–Trinajstić information content (AvgIpc) is 2.69. The number of nitrogens with one attached hydrogen (secondary N) is 1. The number of likely N-dealkylation sites (tertiary alicyclic amines) is 1. The molecule has 0 aliphatic carbocycles. The van der Waals surface area contributed by atoms with Gasteiger partial charge in [0.2, 0.25) is 0 Å². The lowest BCUT2D eigenvalue weighted by Crippen LogP contribution is -2.29. The number of hydrogen-bond donors (Lipinski definition) is 1. The number of amides is 1. The molecule has 148 valence electrons. The van der Waals surface area contributed by atoms with Crippen LogP contribution in [0.5, 0.6) is 0 Å². The van der Waals surface area contributed by atoms with Crippen LogP contribution >= 0.6 is 0 Å². The molecule has 0 unspecified atom stereocenters. The summed E-state index contributed by atoms with van der Waals surface area (Å²) in [6.45, 7) is 3.20. The monoisotopic (exact) mass is 382 g/mol. The quantitative estimate of drug-likeness (QED) is 0.605. The van der Waals surface area contributed by atoms with E-state index in [4.69, 9.17) is 0 Å². The summed E-state index contributed by atoms with van der Waals surface area (Å²) in [5, 5.41) is 14.1. The molecule has 2 aromatic carbocycles. The van der Waals surface area contributed by atoms with Crippen LogP contribution in [0.4, 0.5) is 17.1 Å². The molecule has 1 aliphatic rings. The molecule has 1 amide bonds. The lowest BCUT2D eigenvalue weighted by atomic mass is 10.1. The Hall–Kier alpha value is -2.93. The number of rotatable bonds is 6. The van der Waals surface area contributed by atoms with Crippen LogP contribution in [0.15, 0.2) is 42.5 Å². The summed E-state index contributed by atoms with van der Waals surface area (Å²) in [4.78, 5) is 27.4. The molecule has 1 aliphatic heterocycles. The number of benzene rings is 2. The van der Waals surface area contributed by atoms with Gasteiger partial charge in [0.05, 0.1) is 4.92 Å². The van der Waals surface area contributed by atoms with Crippen molar-refractivity contribution in [2.75, 3.05) is 37.4 Å². The van der Waals surface area contributed by atoms with E-state index in [-0.39, 0.29) is 17.2 Å². The molecule has 0 aromatic heterocycles. The number of piperidine rings is 1. The fourth-order valence-electron chi connectivity index (χ4n) is 3.46. The van der Waals surface area contributed by atoms with Gasteiger partial charge in [0.15, 0.2) is 0 Å². The molecule has 0 atom stereocenters. The molecule has 0 saturated carbocycles. The van der Waals surface area contributed by atoms with Crippen molar-refractivity contribution < 1.29 is 9.72 Å². The first-order valence-electron chi connectivity index (χ1n) is 9.52. The van der Waals surface area contributed by atoms with Crippen LogP contribution < -0.4 is 10.2 Å². The Morgan fingerprint density at radius 2 is 1.79 bits per heavy atom. The summed E-state index contributed by atoms with van der Waals surface area (Å²) >= 11 is 0. The van der Waals surface area contributed by atoms with E-state index in [2.05, 4.69) is 10.2 Å². The van der Waals surface area contributed by atoms with E-state index in [0.717, 1.165) is 19.6 Å². The number of anilines is 2. The van der Waals surface area contributed by atoms with Crippen molar-refractivity contribution in [3.8, 4) is 0 Å². The van der Waals surface area contributed by atoms with Gasteiger partial charge >= 0.3 is 0 Å². The van der Waals surface area contributed by atoms with Crippen LogP contribution in [-0.4, -0.2) is 42.9 Å². The number of nitrogens with zero attached hydrogens (tertiary/aromatic N) is 3. The zero-order valence-electron chi connectivity index (χ0n) is 16.4. The number of nitro benzene ring substituents is 1. The van der Waals surface area contributed by atoms with Crippen molar-refractivity contribution in [2.45, 2.75) is 25.8 Å². The molecule has 1 saturated heterocycles. The third-order valence-electron chi connectivity index (χ3n) is 4.98. The highest BCUT2D eigenvalue weighted by Crippen LogP contribution is 2.28. The Bertz CT molecular complexity index is 843. The van der Waals surface area contributed by atoms with Gasteiger partial charge in [-0.05, 0) is 55.8 Å². The summed E-state index contributed by atoms with van der Waals surface area (Å²) < 4.78 is 0. The van der Waals surface area contributed by atoms with Crippen LogP contribution in [0.2, 0.25) is 0 Å². The second kappa shape index (κ2) is 8.84. The Balaban J connectivity index is 1.67. The summed E-state index contributed by atoms with van der Waals surface area (Å²) in [7, 11) is 3.46. The first-order valence-corrected chi connectivity index (χ1v) is 9.52. The van der Waals surface area contributed by atoms with Crippen LogP contribution in [0.1, 0.15) is 35.2 Å². The van der Waals surface area contributed by atoms with Crippen molar-refractivity contribution in [1.29, 1.82) is 0 Å². The third-order valence-corrected chi connectivity index (χ3v) is 4.98. The van der Waals surface area contributed by atoms with Gasteiger partial charge in [0.25, 0.3) is 11.6 Å². The predicted molar refractivity (Wildman–Crippen MR) is 111 cm³/mol. The highest BCUT2D eigenvalue weighted by molar-refractivity contribution is 6.05. The molecule has 1 heterocycles. The van der Waals surface area contributed by atoms with Crippen LogP contribution in [0.25, 0.3) is 0 Å². The van der Waals surface area contributed by atoms with Gasteiger partial charge in [0, 0.05) is 38.0 Å². The maximum absolute atomic E-state index is 12.5. The highest BCUT2D eigenvalue weighted by Gasteiger charge is 2.19. The third kappa shape index (κ3) is 4.86. The molecule has 0 spiro atoms. The smallest absolute Gasteiger partial charge is 0.293 e. The van der Waals surface area contributed by atoms with Crippen molar-refractivity contribution in [3.05, 3.63) is 63.7 Å². The Kier molecular flexibility index (Phi) is 6.26. The first kappa shape index (κ1) is 19.8. The van der Waals surface area contributed by atoms with Crippen molar-refractivity contribution in [2.24, 2.45) is 0 Å². The summed E-state index contributed by atoms with van der Waals surface area (Å²) in [6, 6.07) is 12.3. The van der Waals surface area contributed by atoms with E-state index in [1.807, 2.05) is 24.3 Å². The molecule has 0 radical (unpaired) electrons. The Labute approximate surface area is 165 Å². The minimum absolute atomic E-state index is 0.0884. The molecule has 1 fully saturated rings. The van der Waals surface area contributed by atoms with Gasteiger partial charge in [-0.2, -0.15) is 0 Å². The number of carbonyl (C=O) groups is 1. The first-order chi connectivity index (χ1) is 13.4. The molecule has 7 heteroatoms. The molecule has 3 rings (SSSR count). The van der Waals surface area contributed by atoms with E-state index >= 15 is 0 Å². The van der Waals surface area contributed by atoms with E-state index < -0.39 is 4.92 Å². The maximum Gasteiger partial charge on any atom is 0.293 e. The maximum atomic E-state index is 12.5. The van der Waals surface area contributed by atoms with Gasteiger partial charge in [-0.25, -0.2) is 0 Å². The van der Waals surface area contributed by atoms with E-state index in [1.54, 1.807) is 31.1 Å². The van der Waals surface area contributed by atoms with Crippen molar-refractivity contribution >= 4 is 23.0 Å². The van der Waals surface area contributed by atoms with Gasteiger partial charge < -0.3 is 10.2 Å². The fourth-order valence-corrected chi connectivity index (χ4v) is 3.46. The lowest BCUT2D eigenvalue weighted by molar-refractivity contribution is -0.384. The van der Waals surface area contributed by atoms with Crippen molar-refractivity contribution in [1.82, 2.24) is 4.90 Å². The average molecular weight is 382 g/mol. The number of nitro groups is 1. The van der Waals surface area contributed by atoms with E-state index in [0.29, 0.717) is 11.4 Å². The van der Waals surface area contributed by atoms with Crippen molar-refractivity contribution in [3.63, 3.8) is 0 Å². The largest absolute Gasteiger partial charge is 0.372 e. The van der Waals surface area contributed by atoms with Gasteiger partial charge in [-0.15, -0.1) is 0 Å². The number of carbonyl (C=O) groups excluding carboxylic acids is 1. The minimum Gasteiger partial charge on any atom is -0.372 e.